The number of aliphatic imine (C=N–C) groups is 1. The first-order valence-electron chi connectivity index (χ1n) is 9.68. The number of hydrogen-bond acceptors (Lipinski definition) is 4. The van der Waals surface area contributed by atoms with Gasteiger partial charge in [-0.15, -0.1) is 0 Å². The summed E-state index contributed by atoms with van der Waals surface area (Å²) in [5, 5.41) is 1.28. The zero-order valence-electron chi connectivity index (χ0n) is 16.7. The van der Waals surface area contributed by atoms with Gasteiger partial charge in [-0.3, -0.25) is 0 Å². The predicted molar refractivity (Wildman–Crippen MR) is 114 cm³/mol. The Morgan fingerprint density at radius 1 is 1.11 bits per heavy atom. The molecule has 1 aliphatic rings. The molecule has 0 unspecified atom stereocenters. The lowest BCUT2D eigenvalue weighted by Gasteiger charge is -2.35. The molecule has 0 amide bonds. The summed E-state index contributed by atoms with van der Waals surface area (Å²) in [6.45, 7) is 10.3. The Bertz CT molecular complexity index is 999. The van der Waals surface area contributed by atoms with Gasteiger partial charge in [0.05, 0.1) is 12.1 Å². The number of fused-ring (bicyclic) bond motifs is 1. The average Bonchev–Trinajstić information content (AvgIpc) is 3.01. The number of aromatic nitrogens is 3. The van der Waals surface area contributed by atoms with Crippen molar-refractivity contribution >= 4 is 22.8 Å². The summed E-state index contributed by atoms with van der Waals surface area (Å²) in [5.41, 5.74) is 12.4. The van der Waals surface area contributed by atoms with E-state index in [0.717, 1.165) is 32.1 Å². The van der Waals surface area contributed by atoms with Crippen LogP contribution in [0.25, 0.3) is 10.9 Å². The van der Waals surface area contributed by atoms with Crippen LogP contribution in [0.4, 0.5) is 5.95 Å². The van der Waals surface area contributed by atoms with Gasteiger partial charge in [-0.1, -0.05) is 11.6 Å². The minimum Gasteiger partial charge on any atom is -0.370 e. The zero-order valence-corrected chi connectivity index (χ0v) is 16.7. The van der Waals surface area contributed by atoms with Crippen molar-refractivity contribution in [1.29, 1.82) is 0 Å². The number of aromatic amines is 1. The SMILES string of the molecule is Cc1cc(CN=C(N)N2CCN(c3ncccn3)CC2)c2[nH]c(C)c(C)c2c1. The number of benzene rings is 1. The summed E-state index contributed by atoms with van der Waals surface area (Å²) in [6, 6.07) is 6.26. The highest BCUT2D eigenvalue weighted by Crippen LogP contribution is 2.26. The number of nitrogens with one attached hydrogen (secondary N) is 1. The molecule has 2 aromatic heterocycles. The molecule has 7 heteroatoms. The quantitative estimate of drug-likeness (QED) is 0.541. The molecule has 3 heterocycles. The number of anilines is 1. The highest BCUT2D eigenvalue weighted by molar-refractivity contribution is 5.88. The lowest BCUT2D eigenvalue weighted by Crippen LogP contribution is -2.51. The average molecular weight is 377 g/mol. The normalized spacial score (nSPS) is 15.5. The maximum Gasteiger partial charge on any atom is 0.225 e. The van der Waals surface area contributed by atoms with Crippen LogP contribution in [-0.4, -0.2) is 52.0 Å². The van der Waals surface area contributed by atoms with E-state index in [1.54, 1.807) is 12.4 Å². The van der Waals surface area contributed by atoms with Crippen molar-refractivity contribution in [1.82, 2.24) is 19.9 Å². The molecule has 7 nitrogen and oxygen atoms in total. The molecule has 3 N–H and O–H groups in total. The Morgan fingerprint density at radius 2 is 1.82 bits per heavy atom. The van der Waals surface area contributed by atoms with Crippen molar-refractivity contribution in [2.45, 2.75) is 27.3 Å². The Hall–Kier alpha value is -3.09. The number of hydrogen-bond donors (Lipinski definition) is 2. The minimum atomic E-state index is 0.575. The molecule has 0 bridgehead atoms. The first-order valence-corrected chi connectivity index (χ1v) is 9.68. The van der Waals surface area contributed by atoms with Crippen LogP contribution in [0.3, 0.4) is 0 Å². The van der Waals surface area contributed by atoms with Gasteiger partial charge in [0.2, 0.25) is 5.95 Å². The summed E-state index contributed by atoms with van der Waals surface area (Å²) < 4.78 is 0. The molecule has 28 heavy (non-hydrogen) atoms. The maximum absolute atomic E-state index is 6.31. The van der Waals surface area contributed by atoms with Crippen molar-refractivity contribution in [2.24, 2.45) is 10.7 Å². The minimum absolute atomic E-state index is 0.575. The molecule has 4 rings (SSSR count). The Kier molecular flexibility index (Phi) is 4.90. The Labute approximate surface area is 165 Å². The van der Waals surface area contributed by atoms with E-state index < -0.39 is 0 Å². The first kappa shape index (κ1) is 18.3. The topological polar surface area (TPSA) is 86.4 Å². The number of nitrogens with two attached hydrogens (primary N) is 1. The van der Waals surface area contributed by atoms with Gasteiger partial charge in [0.25, 0.3) is 0 Å². The van der Waals surface area contributed by atoms with Crippen molar-refractivity contribution < 1.29 is 0 Å². The van der Waals surface area contributed by atoms with Crippen LogP contribution in [0.15, 0.2) is 35.6 Å². The second kappa shape index (κ2) is 7.50. The van der Waals surface area contributed by atoms with Gasteiger partial charge in [-0.25, -0.2) is 15.0 Å². The van der Waals surface area contributed by atoms with E-state index >= 15 is 0 Å². The number of piperazine rings is 1. The zero-order chi connectivity index (χ0) is 19.7. The largest absolute Gasteiger partial charge is 0.370 e. The molecule has 0 spiro atoms. The van der Waals surface area contributed by atoms with Crippen LogP contribution in [0.2, 0.25) is 0 Å². The standard InChI is InChI=1S/C21H27N7/c1-14-11-17(19-18(12-14)15(2)16(3)26-19)13-25-20(22)27-7-9-28(10-8-27)21-23-5-4-6-24-21/h4-6,11-12,26H,7-10,13H2,1-3H3,(H2,22,25). The number of guanidine groups is 1. The second-order valence-corrected chi connectivity index (χ2v) is 7.42. The molecule has 3 aromatic rings. The summed E-state index contributed by atoms with van der Waals surface area (Å²) >= 11 is 0. The lowest BCUT2D eigenvalue weighted by molar-refractivity contribution is 0.378. The highest BCUT2D eigenvalue weighted by atomic mass is 15.3. The highest BCUT2D eigenvalue weighted by Gasteiger charge is 2.20. The third kappa shape index (κ3) is 3.52. The molecular formula is C21H27N7. The molecule has 0 saturated carbocycles. The van der Waals surface area contributed by atoms with Crippen LogP contribution in [-0.2, 0) is 6.54 Å². The van der Waals surface area contributed by atoms with Crippen molar-refractivity contribution in [3.63, 3.8) is 0 Å². The molecule has 146 valence electrons. The fraction of sp³-hybridized carbons (Fsp3) is 0.381. The van der Waals surface area contributed by atoms with Crippen molar-refractivity contribution in [3.8, 4) is 0 Å². The van der Waals surface area contributed by atoms with E-state index in [0.29, 0.717) is 12.5 Å². The van der Waals surface area contributed by atoms with Gasteiger partial charge in [-0.05, 0) is 44.0 Å². The molecule has 0 radical (unpaired) electrons. The van der Waals surface area contributed by atoms with E-state index in [1.165, 1.54) is 33.3 Å². The monoisotopic (exact) mass is 377 g/mol. The van der Waals surface area contributed by atoms with Gasteiger partial charge < -0.3 is 20.5 Å². The number of aryl methyl sites for hydroxylation is 3. The Morgan fingerprint density at radius 3 is 2.54 bits per heavy atom. The molecular weight excluding hydrogens is 350 g/mol. The van der Waals surface area contributed by atoms with Gasteiger partial charge in [-0.2, -0.15) is 0 Å². The Balaban J connectivity index is 1.46. The number of nitrogens with zero attached hydrogens (tertiary/aromatic N) is 5. The summed E-state index contributed by atoms with van der Waals surface area (Å²) in [6.07, 6.45) is 3.55. The molecule has 1 aromatic carbocycles. The van der Waals surface area contributed by atoms with Gasteiger partial charge in [0.1, 0.15) is 0 Å². The van der Waals surface area contributed by atoms with E-state index in [1.807, 2.05) is 6.07 Å². The predicted octanol–water partition coefficient (Wildman–Crippen LogP) is 2.52. The van der Waals surface area contributed by atoms with Crippen molar-refractivity contribution in [2.75, 3.05) is 31.1 Å². The molecule has 0 aliphatic carbocycles. The third-order valence-electron chi connectivity index (χ3n) is 5.49. The van der Waals surface area contributed by atoms with Crippen LogP contribution in [0, 0.1) is 20.8 Å². The van der Waals surface area contributed by atoms with E-state index in [2.05, 4.69) is 57.7 Å². The molecule has 1 saturated heterocycles. The van der Waals surface area contributed by atoms with Gasteiger partial charge in [0, 0.05) is 49.7 Å². The van der Waals surface area contributed by atoms with Crippen LogP contribution in [0.5, 0.6) is 0 Å². The van der Waals surface area contributed by atoms with E-state index in [9.17, 15) is 0 Å². The summed E-state index contributed by atoms with van der Waals surface area (Å²) in [5.74, 6) is 1.38. The first-order chi connectivity index (χ1) is 13.5. The van der Waals surface area contributed by atoms with Crippen LogP contribution >= 0.6 is 0 Å². The van der Waals surface area contributed by atoms with Crippen molar-refractivity contribution in [3.05, 3.63) is 53.0 Å². The number of H-pyrrole nitrogens is 1. The molecule has 0 atom stereocenters. The van der Waals surface area contributed by atoms with Crippen LogP contribution < -0.4 is 10.6 Å². The smallest absolute Gasteiger partial charge is 0.225 e. The van der Waals surface area contributed by atoms with Gasteiger partial charge >= 0.3 is 0 Å². The van der Waals surface area contributed by atoms with Gasteiger partial charge in [0.15, 0.2) is 5.96 Å². The summed E-state index contributed by atoms with van der Waals surface area (Å²) in [4.78, 5) is 21.2. The maximum atomic E-state index is 6.31. The van der Waals surface area contributed by atoms with Crippen LogP contribution in [0.1, 0.15) is 22.4 Å². The third-order valence-corrected chi connectivity index (χ3v) is 5.49. The number of rotatable bonds is 3. The van der Waals surface area contributed by atoms with E-state index in [-0.39, 0.29) is 0 Å². The van der Waals surface area contributed by atoms with E-state index in [4.69, 9.17) is 10.7 Å². The second-order valence-electron chi connectivity index (χ2n) is 7.42. The fourth-order valence-electron chi connectivity index (χ4n) is 3.77. The molecule has 1 aliphatic heterocycles. The summed E-state index contributed by atoms with van der Waals surface area (Å²) in [7, 11) is 0. The molecule has 1 fully saturated rings. The fourth-order valence-corrected chi connectivity index (χ4v) is 3.77. The lowest BCUT2D eigenvalue weighted by atomic mass is 10.0.